The zero-order valence-electron chi connectivity index (χ0n) is 10.5. The predicted molar refractivity (Wildman–Crippen MR) is 63.7 cm³/mol. The van der Waals surface area contributed by atoms with Gasteiger partial charge in [0.15, 0.2) is 0 Å². The Morgan fingerprint density at radius 2 is 1.39 bits per heavy atom. The summed E-state index contributed by atoms with van der Waals surface area (Å²) in [4.78, 5) is 27.1. The first-order valence-corrected chi connectivity index (χ1v) is 6.33. The van der Waals surface area contributed by atoms with Gasteiger partial charge < -0.3 is 19.3 Å². The van der Waals surface area contributed by atoms with E-state index < -0.39 is 0 Å². The monoisotopic (exact) mass is 255 g/mol. The first kappa shape index (κ1) is 13.3. The second kappa shape index (κ2) is 6.70. The zero-order valence-corrected chi connectivity index (χ0v) is 10.5. The standard InChI is InChI=1S/C12H19N2O4/c15-11(13-3-7-17-8-4-13)1-2-12(16)14-5-9-18-10-6-14/h1H,2-10H2. The number of carbonyl (C=O) groups excluding carboxylic acids is 2. The second-order valence-corrected chi connectivity index (χ2v) is 4.34. The summed E-state index contributed by atoms with van der Waals surface area (Å²) in [5.74, 6) is -0.0696. The Bertz CT molecular complexity index is 266. The third-order valence-electron chi connectivity index (χ3n) is 3.14. The quantitative estimate of drug-likeness (QED) is 0.669. The van der Waals surface area contributed by atoms with Gasteiger partial charge in [-0.3, -0.25) is 9.59 Å². The summed E-state index contributed by atoms with van der Waals surface area (Å²) in [6.45, 7) is 4.80. The van der Waals surface area contributed by atoms with Crippen molar-refractivity contribution in [3.05, 3.63) is 6.42 Å². The highest BCUT2D eigenvalue weighted by Gasteiger charge is 2.21. The fourth-order valence-electron chi connectivity index (χ4n) is 2.03. The van der Waals surface area contributed by atoms with Gasteiger partial charge in [-0.1, -0.05) is 0 Å². The molecule has 0 N–H and O–H groups in total. The van der Waals surface area contributed by atoms with Crippen molar-refractivity contribution < 1.29 is 19.1 Å². The molecule has 101 valence electrons. The molecule has 0 bridgehead atoms. The van der Waals surface area contributed by atoms with Crippen molar-refractivity contribution in [1.29, 1.82) is 0 Å². The van der Waals surface area contributed by atoms with Crippen LogP contribution in [0, 0.1) is 6.42 Å². The van der Waals surface area contributed by atoms with E-state index in [0.717, 1.165) is 0 Å². The molecule has 0 aromatic heterocycles. The van der Waals surface area contributed by atoms with Crippen LogP contribution >= 0.6 is 0 Å². The Balaban J connectivity index is 1.69. The van der Waals surface area contributed by atoms with E-state index in [-0.39, 0.29) is 18.2 Å². The molecule has 0 saturated carbocycles. The predicted octanol–water partition coefficient (Wildman–Crippen LogP) is -0.702. The maximum Gasteiger partial charge on any atom is 0.227 e. The van der Waals surface area contributed by atoms with Crippen molar-refractivity contribution in [3.63, 3.8) is 0 Å². The van der Waals surface area contributed by atoms with Gasteiger partial charge in [-0.2, -0.15) is 0 Å². The molecule has 2 amide bonds. The Labute approximate surface area is 107 Å². The maximum atomic E-state index is 11.8. The number of ether oxygens (including phenoxy) is 2. The fourth-order valence-corrected chi connectivity index (χ4v) is 2.03. The topological polar surface area (TPSA) is 59.1 Å². The Morgan fingerprint density at radius 1 is 0.889 bits per heavy atom. The van der Waals surface area contributed by atoms with Gasteiger partial charge in [0, 0.05) is 32.6 Å². The van der Waals surface area contributed by atoms with Crippen LogP contribution in [0.15, 0.2) is 0 Å². The lowest BCUT2D eigenvalue weighted by atomic mass is 10.2. The molecule has 1 radical (unpaired) electrons. The van der Waals surface area contributed by atoms with Gasteiger partial charge in [-0.05, 0) is 0 Å². The summed E-state index contributed by atoms with van der Waals surface area (Å²) < 4.78 is 10.4. The maximum absolute atomic E-state index is 11.8. The van der Waals surface area contributed by atoms with E-state index in [9.17, 15) is 9.59 Å². The van der Waals surface area contributed by atoms with E-state index in [2.05, 4.69) is 0 Å². The minimum Gasteiger partial charge on any atom is -0.378 e. The first-order valence-electron chi connectivity index (χ1n) is 6.33. The molecular weight excluding hydrogens is 236 g/mol. The Morgan fingerprint density at radius 3 is 1.94 bits per heavy atom. The molecule has 0 spiro atoms. The fraction of sp³-hybridized carbons (Fsp3) is 0.750. The van der Waals surface area contributed by atoms with Gasteiger partial charge in [0.25, 0.3) is 0 Å². The molecule has 2 rings (SSSR count). The highest BCUT2D eigenvalue weighted by molar-refractivity contribution is 5.91. The molecule has 2 fully saturated rings. The van der Waals surface area contributed by atoms with Crippen LogP contribution < -0.4 is 0 Å². The summed E-state index contributed by atoms with van der Waals surface area (Å²) in [6, 6.07) is 0. The van der Waals surface area contributed by atoms with Crippen LogP contribution in [-0.2, 0) is 19.1 Å². The van der Waals surface area contributed by atoms with Crippen LogP contribution in [0.5, 0.6) is 0 Å². The van der Waals surface area contributed by atoms with Gasteiger partial charge in [0.1, 0.15) is 0 Å². The van der Waals surface area contributed by atoms with E-state index in [1.165, 1.54) is 6.42 Å². The number of rotatable bonds is 3. The molecule has 0 atom stereocenters. The van der Waals surface area contributed by atoms with Gasteiger partial charge in [-0.25, -0.2) is 0 Å². The minimum atomic E-state index is -0.0695. The van der Waals surface area contributed by atoms with Gasteiger partial charge in [-0.15, -0.1) is 0 Å². The molecule has 0 aliphatic carbocycles. The molecule has 0 aromatic carbocycles. The van der Waals surface area contributed by atoms with Crippen molar-refractivity contribution in [2.45, 2.75) is 6.42 Å². The largest absolute Gasteiger partial charge is 0.378 e. The van der Waals surface area contributed by atoms with Crippen LogP contribution in [0.1, 0.15) is 6.42 Å². The van der Waals surface area contributed by atoms with Gasteiger partial charge in [0.05, 0.1) is 32.8 Å². The molecular formula is C12H19N2O4. The summed E-state index contributed by atoms with van der Waals surface area (Å²) in [6.07, 6.45) is 1.65. The van der Waals surface area contributed by atoms with Gasteiger partial charge >= 0.3 is 0 Å². The SMILES string of the molecule is O=C([CH]CC(=O)N1CCOCC1)N1CCOCC1. The second-order valence-electron chi connectivity index (χ2n) is 4.34. The number of hydrogen-bond acceptors (Lipinski definition) is 4. The van der Waals surface area contributed by atoms with Crippen LogP contribution in [0.25, 0.3) is 0 Å². The molecule has 2 aliphatic rings. The van der Waals surface area contributed by atoms with Gasteiger partial charge in [0.2, 0.25) is 11.8 Å². The van der Waals surface area contributed by atoms with Crippen molar-refractivity contribution in [2.75, 3.05) is 52.6 Å². The molecule has 18 heavy (non-hydrogen) atoms. The molecule has 2 aliphatic heterocycles. The Hall–Kier alpha value is -1.14. The average Bonchev–Trinajstić information content (AvgIpc) is 2.46. The van der Waals surface area contributed by atoms with Crippen LogP contribution in [0.2, 0.25) is 0 Å². The number of nitrogens with zero attached hydrogens (tertiary/aromatic N) is 2. The summed E-state index contributed by atoms with van der Waals surface area (Å²) in [5.41, 5.74) is 0. The molecule has 6 heteroatoms. The molecule has 2 heterocycles. The zero-order chi connectivity index (χ0) is 12.8. The minimum absolute atomic E-state index is 0.0000839. The molecule has 2 saturated heterocycles. The molecule has 0 unspecified atom stereocenters. The number of carbonyl (C=O) groups is 2. The smallest absolute Gasteiger partial charge is 0.227 e. The average molecular weight is 255 g/mol. The lowest BCUT2D eigenvalue weighted by Crippen LogP contribution is -2.43. The van der Waals surface area contributed by atoms with Crippen molar-refractivity contribution in [1.82, 2.24) is 9.80 Å². The van der Waals surface area contributed by atoms with Crippen LogP contribution in [-0.4, -0.2) is 74.2 Å². The van der Waals surface area contributed by atoms with Crippen molar-refractivity contribution in [3.8, 4) is 0 Å². The summed E-state index contributed by atoms with van der Waals surface area (Å²) in [5, 5.41) is 0. The number of hydrogen-bond donors (Lipinski definition) is 0. The van der Waals surface area contributed by atoms with Crippen LogP contribution in [0.4, 0.5) is 0 Å². The highest BCUT2D eigenvalue weighted by atomic mass is 16.5. The van der Waals surface area contributed by atoms with E-state index in [4.69, 9.17) is 9.47 Å². The number of amides is 2. The van der Waals surface area contributed by atoms with E-state index in [0.29, 0.717) is 52.6 Å². The van der Waals surface area contributed by atoms with Crippen molar-refractivity contribution in [2.24, 2.45) is 0 Å². The summed E-state index contributed by atoms with van der Waals surface area (Å²) >= 11 is 0. The lowest BCUT2D eigenvalue weighted by Gasteiger charge is -2.28. The lowest BCUT2D eigenvalue weighted by molar-refractivity contribution is -0.137. The third kappa shape index (κ3) is 3.68. The third-order valence-corrected chi connectivity index (χ3v) is 3.14. The molecule has 0 aromatic rings. The van der Waals surface area contributed by atoms with Crippen LogP contribution in [0.3, 0.4) is 0 Å². The molecule has 6 nitrogen and oxygen atoms in total. The Kier molecular flexibility index (Phi) is 4.95. The van der Waals surface area contributed by atoms with E-state index in [1.54, 1.807) is 9.80 Å². The highest BCUT2D eigenvalue weighted by Crippen LogP contribution is 2.05. The van der Waals surface area contributed by atoms with Crippen molar-refractivity contribution >= 4 is 11.8 Å². The number of morpholine rings is 2. The van der Waals surface area contributed by atoms with E-state index in [1.807, 2.05) is 0 Å². The first-order chi connectivity index (χ1) is 8.77. The summed E-state index contributed by atoms with van der Waals surface area (Å²) in [7, 11) is 0. The van der Waals surface area contributed by atoms with E-state index >= 15 is 0 Å². The normalized spacial score (nSPS) is 20.9.